The summed E-state index contributed by atoms with van der Waals surface area (Å²) in [6, 6.07) is 10.3. The van der Waals surface area contributed by atoms with Gasteiger partial charge in [-0.1, -0.05) is 36.4 Å². The second-order valence-electron chi connectivity index (χ2n) is 8.81. The minimum atomic E-state index is -6.07. The monoisotopic (exact) mass is 570 g/mol. The number of urea groups is 1. The van der Waals surface area contributed by atoms with E-state index >= 15 is 0 Å². The van der Waals surface area contributed by atoms with Gasteiger partial charge in [-0.2, -0.15) is 26.3 Å². The van der Waals surface area contributed by atoms with Crippen LogP contribution in [0, 0.1) is 5.92 Å². The number of nitrogens with one attached hydrogen (secondary N) is 1. The number of halogens is 6. The number of carbonyl (C=O) groups excluding carboxylic acids is 2. The molecule has 2 aliphatic rings. The van der Waals surface area contributed by atoms with Crippen molar-refractivity contribution in [3.63, 3.8) is 0 Å². The summed E-state index contributed by atoms with van der Waals surface area (Å²) in [6.07, 6.45) is -12.2. The van der Waals surface area contributed by atoms with E-state index in [1.807, 2.05) is 0 Å². The van der Waals surface area contributed by atoms with Gasteiger partial charge in [0.1, 0.15) is 11.8 Å². The number of aliphatic imine (C=N–C) groups is 2. The van der Waals surface area contributed by atoms with E-state index in [-0.39, 0.29) is 12.0 Å². The Morgan fingerprint density at radius 3 is 2.15 bits per heavy atom. The molecule has 8 nitrogen and oxygen atoms in total. The van der Waals surface area contributed by atoms with Crippen LogP contribution >= 0.6 is 0 Å². The Morgan fingerprint density at radius 2 is 1.55 bits per heavy atom. The van der Waals surface area contributed by atoms with Crippen molar-refractivity contribution in [2.24, 2.45) is 15.9 Å². The van der Waals surface area contributed by atoms with Crippen molar-refractivity contribution in [3.8, 4) is 11.5 Å². The molecule has 0 radical (unpaired) electrons. The van der Waals surface area contributed by atoms with Gasteiger partial charge in [-0.15, -0.1) is 0 Å². The average molecular weight is 570 g/mol. The van der Waals surface area contributed by atoms with Crippen LogP contribution in [-0.2, 0) is 11.2 Å². The molecule has 0 bridgehead atoms. The third kappa shape index (κ3) is 5.09. The fourth-order valence-electron chi connectivity index (χ4n) is 4.53. The van der Waals surface area contributed by atoms with Crippen LogP contribution in [0.4, 0.5) is 31.1 Å². The van der Waals surface area contributed by atoms with Crippen molar-refractivity contribution in [1.29, 1.82) is 0 Å². The quantitative estimate of drug-likeness (QED) is 0.457. The molecule has 1 fully saturated rings. The third-order valence-corrected chi connectivity index (χ3v) is 6.32. The molecule has 0 saturated carbocycles. The predicted octanol–water partition coefficient (Wildman–Crippen LogP) is 4.92. The van der Waals surface area contributed by atoms with Crippen LogP contribution in [0.5, 0.6) is 11.5 Å². The number of imide groups is 1. The highest BCUT2D eigenvalue weighted by Crippen LogP contribution is 2.53. The number of amides is 3. The highest BCUT2D eigenvalue weighted by atomic mass is 19.4. The van der Waals surface area contributed by atoms with Gasteiger partial charge in [0, 0.05) is 12.1 Å². The number of carbonyl (C=O) groups is 2. The number of amidine groups is 2. The summed E-state index contributed by atoms with van der Waals surface area (Å²) in [5.41, 5.74) is -4.50. The van der Waals surface area contributed by atoms with Crippen LogP contribution in [0.25, 0.3) is 0 Å². The summed E-state index contributed by atoms with van der Waals surface area (Å²) in [5, 5.41) is 1.63. The van der Waals surface area contributed by atoms with Gasteiger partial charge in [0.15, 0.2) is 17.3 Å². The van der Waals surface area contributed by atoms with E-state index in [1.54, 1.807) is 37.4 Å². The molecule has 2 heterocycles. The Hall–Kier alpha value is -4.10. The van der Waals surface area contributed by atoms with E-state index in [9.17, 15) is 35.9 Å². The number of fused-ring (bicyclic) bond motifs is 1. The molecular weight excluding hydrogens is 546 g/mol. The molecule has 14 heteroatoms. The van der Waals surface area contributed by atoms with Gasteiger partial charge in [0.25, 0.3) is 5.54 Å². The first kappa shape index (κ1) is 28.9. The molecule has 3 amide bonds. The maximum atomic E-state index is 14.4. The lowest BCUT2D eigenvalue weighted by molar-refractivity contribution is -0.302. The van der Waals surface area contributed by atoms with Crippen LogP contribution in [0.1, 0.15) is 25.0 Å². The zero-order valence-corrected chi connectivity index (χ0v) is 21.3. The second kappa shape index (κ2) is 10.8. The molecule has 1 unspecified atom stereocenters. The largest absolute Gasteiger partial charge is 0.490 e. The summed E-state index contributed by atoms with van der Waals surface area (Å²) >= 11 is 0. The fraction of sp³-hybridized carbons (Fsp3) is 0.385. The molecule has 0 aromatic heterocycles. The van der Waals surface area contributed by atoms with Gasteiger partial charge in [0.05, 0.1) is 13.2 Å². The van der Waals surface area contributed by atoms with Crippen LogP contribution in [0.3, 0.4) is 0 Å². The Morgan fingerprint density at radius 1 is 0.925 bits per heavy atom. The molecule has 1 atom stereocenters. The smallest absolute Gasteiger partial charge is 0.423 e. The molecule has 4 rings (SSSR count). The molecule has 1 N–H and O–H groups in total. The normalized spacial score (nSPS) is 18.9. The summed E-state index contributed by atoms with van der Waals surface area (Å²) in [6.45, 7) is 3.78. The van der Waals surface area contributed by atoms with Crippen LogP contribution in [-0.4, -0.2) is 66.2 Å². The van der Waals surface area contributed by atoms with Crippen LogP contribution in [0.15, 0.2) is 58.5 Å². The summed E-state index contributed by atoms with van der Waals surface area (Å²) in [4.78, 5) is 33.1. The first-order valence-electron chi connectivity index (χ1n) is 12.2. The standard InChI is InChI=1S/C26H24F6N4O4/c1-3-39-17-11-10-15(14-18(17)40-4-2)12-13-36-21-19(22(37)34-23(36)38)24(25(27,28)29,26(30,31)32)35-20(33-21)16-8-6-5-7-9-16/h5-11,14,19H,3-4,12-13H2,1-2H3,(H,34,37,38). The topological polar surface area (TPSA) is 92.6 Å². The Labute approximate surface area is 224 Å². The number of hydrogen-bond donors (Lipinski definition) is 1. The summed E-state index contributed by atoms with van der Waals surface area (Å²) in [5.74, 6) is -5.88. The third-order valence-electron chi connectivity index (χ3n) is 6.32. The molecule has 40 heavy (non-hydrogen) atoms. The first-order chi connectivity index (χ1) is 18.8. The van der Waals surface area contributed by atoms with Crippen molar-refractivity contribution < 1.29 is 45.4 Å². The minimum Gasteiger partial charge on any atom is -0.490 e. The van der Waals surface area contributed by atoms with E-state index in [1.165, 1.54) is 30.3 Å². The van der Waals surface area contributed by atoms with Gasteiger partial charge >= 0.3 is 18.4 Å². The van der Waals surface area contributed by atoms with E-state index in [2.05, 4.69) is 9.98 Å². The first-order valence-corrected chi connectivity index (χ1v) is 12.2. The Balaban J connectivity index is 1.80. The second-order valence-corrected chi connectivity index (χ2v) is 8.81. The molecule has 1 saturated heterocycles. The predicted molar refractivity (Wildman–Crippen MR) is 131 cm³/mol. The summed E-state index contributed by atoms with van der Waals surface area (Å²) < 4.78 is 97.6. The van der Waals surface area contributed by atoms with Gasteiger partial charge in [-0.3, -0.25) is 15.0 Å². The maximum absolute atomic E-state index is 14.4. The minimum absolute atomic E-state index is 0.0251. The maximum Gasteiger partial charge on any atom is 0.423 e. The Bertz CT molecular complexity index is 1330. The number of benzene rings is 2. The van der Waals surface area contributed by atoms with E-state index in [4.69, 9.17) is 9.47 Å². The van der Waals surface area contributed by atoms with Crippen LogP contribution in [0.2, 0.25) is 0 Å². The van der Waals surface area contributed by atoms with Crippen molar-refractivity contribution in [2.75, 3.05) is 19.8 Å². The highest BCUT2D eigenvalue weighted by Gasteiger charge is 2.79. The van der Waals surface area contributed by atoms with E-state index in [0.29, 0.717) is 35.2 Å². The van der Waals surface area contributed by atoms with E-state index in [0.717, 1.165) is 0 Å². The number of alkyl halides is 6. The zero-order chi connectivity index (χ0) is 29.3. The molecule has 2 aromatic carbocycles. The number of nitrogens with zero attached hydrogens (tertiary/aromatic N) is 3. The van der Waals surface area contributed by atoms with Crippen molar-refractivity contribution in [2.45, 2.75) is 38.2 Å². The lowest BCUT2D eigenvalue weighted by atomic mass is 9.78. The van der Waals surface area contributed by atoms with Gasteiger partial charge in [-0.25, -0.2) is 14.8 Å². The number of rotatable bonds is 8. The average Bonchev–Trinajstić information content (AvgIpc) is 2.88. The lowest BCUT2D eigenvalue weighted by Crippen LogP contribution is -2.73. The Kier molecular flexibility index (Phi) is 7.81. The SMILES string of the molecule is CCOc1ccc(CCN2C(=O)NC(=O)C3C2=NC(c2ccccc2)=NC3(C(F)(F)F)C(F)(F)F)cc1OCC. The molecule has 2 aromatic rings. The fourth-order valence-corrected chi connectivity index (χ4v) is 4.53. The molecule has 0 aliphatic carbocycles. The number of hydrogen-bond acceptors (Lipinski definition) is 6. The van der Waals surface area contributed by atoms with Crippen molar-refractivity contribution in [3.05, 3.63) is 59.7 Å². The summed E-state index contributed by atoms with van der Waals surface area (Å²) in [7, 11) is 0. The van der Waals surface area contributed by atoms with Gasteiger partial charge in [0.2, 0.25) is 5.91 Å². The van der Waals surface area contributed by atoms with Gasteiger partial charge < -0.3 is 9.47 Å². The molecule has 2 aliphatic heterocycles. The van der Waals surface area contributed by atoms with Crippen molar-refractivity contribution >= 4 is 23.6 Å². The molecule has 0 spiro atoms. The number of ether oxygens (including phenoxy) is 2. The van der Waals surface area contributed by atoms with Gasteiger partial charge in [-0.05, 0) is 38.0 Å². The highest BCUT2D eigenvalue weighted by molar-refractivity contribution is 6.23. The van der Waals surface area contributed by atoms with Crippen molar-refractivity contribution in [1.82, 2.24) is 10.2 Å². The van der Waals surface area contributed by atoms with E-state index < -0.39 is 54.0 Å². The molecular formula is C26H24F6N4O4. The van der Waals surface area contributed by atoms with Crippen LogP contribution < -0.4 is 14.8 Å². The lowest BCUT2D eigenvalue weighted by Gasteiger charge is -2.45. The zero-order valence-electron chi connectivity index (χ0n) is 21.3. The molecule has 214 valence electrons.